The van der Waals surface area contributed by atoms with E-state index in [0.29, 0.717) is 32.7 Å². The predicted molar refractivity (Wildman–Crippen MR) is 111 cm³/mol. The standard InChI is InChI=1S/C20H25N3O3S2/c1-28(25,26)23-12-10-21(11-13-23)19(24)15-22-9-7-18-17(8-14-27-18)20(22)16-5-3-2-4-6-16/h2-6,8,14,20H,7,9-13,15H2,1H3/t20-/m0/s1. The molecule has 2 aromatic rings. The number of nitrogens with zero attached hydrogens (tertiary/aromatic N) is 3. The fourth-order valence-electron chi connectivity index (χ4n) is 4.11. The van der Waals surface area contributed by atoms with Gasteiger partial charge in [-0.1, -0.05) is 30.3 Å². The second kappa shape index (κ2) is 7.94. The van der Waals surface area contributed by atoms with Crippen molar-refractivity contribution in [2.45, 2.75) is 12.5 Å². The quantitative estimate of drug-likeness (QED) is 0.758. The zero-order valence-corrected chi connectivity index (χ0v) is 17.6. The summed E-state index contributed by atoms with van der Waals surface area (Å²) in [5.41, 5.74) is 2.51. The van der Waals surface area contributed by atoms with E-state index in [9.17, 15) is 13.2 Å². The highest BCUT2D eigenvalue weighted by atomic mass is 32.2. The van der Waals surface area contributed by atoms with Gasteiger partial charge < -0.3 is 4.90 Å². The van der Waals surface area contributed by atoms with Gasteiger partial charge in [-0.2, -0.15) is 4.31 Å². The largest absolute Gasteiger partial charge is 0.339 e. The van der Waals surface area contributed by atoms with Crippen LogP contribution in [-0.2, 0) is 21.2 Å². The van der Waals surface area contributed by atoms with E-state index >= 15 is 0 Å². The van der Waals surface area contributed by atoms with Crippen LogP contribution in [-0.4, -0.2) is 74.0 Å². The number of piperazine rings is 1. The molecular weight excluding hydrogens is 394 g/mol. The van der Waals surface area contributed by atoms with E-state index in [2.05, 4.69) is 28.5 Å². The molecule has 6 nitrogen and oxygen atoms in total. The molecule has 1 fully saturated rings. The van der Waals surface area contributed by atoms with Gasteiger partial charge in [0.15, 0.2) is 0 Å². The molecule has 4 rings (SSSR count). The average Bonchev–Trinajstić information content (AvgIpc) is 3.16. The highest BCUT2D eigenvalue weighted by Crippen LogP contribution is 2.37. The van der Waals surface area contributed by atoms with Gasteiger partial charge in [0.1, 0.15) is 0 Å². The van der Waals surface area contributed by atoms with Gasteiger partial charge in [0.25, 0.3) is 0 Å². The van der Waals surface area contributed by atoms with Gasteiger partial charge in [-0.25, -0.2) is 8.42 Å². The Balaban J connectivity index is 1.49. The third kappa shape index (κ3) is 4.00. The first-order valence-electron chi connectivity index (χ1n) is 9.51. The first kappa shape index (κ1) is 19.6. The molecule has 0 spiro atoms. The number of hydrogen-bond donors (Lipinski definition) is 0. The van der Waals surface area contributed by atoms with Gasteiger partial charge in [0.05, 0.1) is 18.8 Å². The van der Waals surface area contributed by atoms with Crippen LogP contribution in [0, 0.1) is 0 Å². The summed E-state index contributed by atoms with van der Waals surface area (Å²) in [7, 11) is -3.19. The van der Waals surface area contributed by atoms with Crippen molar-refractivity contribution in [3.05, 3.63) is 57.8 Å². The summed E-state index contributed by atoms with van der Waals surface area (Å²) in [5.74, 6) is 0.0766. The molecule has 0 radical (unpaired) electrons. The topological polar surface area (TPSA) is 60.9 Å². The lowest BCUT2D eigenvalue weighted by molar-refractivity contribution is -0.134. The molecule has 1 saturated heterocycles. The summed E-state index contributed by atoms with van der Waals surface area (Å²) in [5, 5.41) is 2.14. The van der Waals surface area contributed by atoms with Crippen molar-refractivity contribution in [2.75, 3.05) is 45.5 Å². The van der Waals surface area contributed by atoms with Crippen LogP contribution < -0.4 is 0 Å². The van der Waals surface area contributed by atoms with Crippen molar-refractivity contribution in [1.82, 2.24) is 14.1 Å². The van der Waals surface area contributed by atoms with Gasteiger partial charge in [-0.3, -0.25) is 9.69 Å². The number of carbonyl (C=O) groups is 1. The number of hydrogen-bond acceptors (Lipinski definition) is 5. The van der Waals surface area contributed by atoms with Crippen LogP contribution in [0.3, 0.4) is 0 Å². The molecule has 8 heteroatoms. The number of thiophene rings is 1. The molecule has 3 heterocycles. The lowest BCUT2D eigenvalue weighted by Crippen LogP contribution is -2.53. The lowest BCUT2D eigenvalue weighted by Gasteiger charge is -2.38. The van der Waals surface area contributed by atoms with Gasteiger partial charge in [-0.05, 0) is 29.0 Å². The lowest BCUT2D eigenvalue weighted by atomic mass is 9.93. The van der Waals surface area contributed by atoms with Crippen LogP contribution >= 0.6 is 11.3 Å². The monoisotopic (exact) mass is 419 g/mol. The van der Waals surface area contributed by atoms with Crippen molar-refractivity contribution in [2.24, 2.45) is 0 Å². The molecule has 1 aromatic heterocycles. The fourth-order valence-corrected chi connectivity index (χ4v) is 5.84. The molecule has 2 aliphatic rings. The third-order valence-electron chi connectivity index (χ3n) is 5.58. The molecule has 0 bridgehead atoms. The Morgan fingerprint density at radius 1 is 1.07 bits per heavy atom. The summed E-state index contributed by atoms with van der Waals surface area (Å²) in [4.78, 5) is 18.4. The Morgan fingerprint density at radius 3 is 2.46 bits per heavy atom. The Morgan fingerprint density at radius 2 is 1.79 bits per heavy atom. The molecule has 1 amide bonds. The van der Waals surface area contributed by atoms with Crippen LogP contribution in [0.2, 0.25) is 0 Å². The van der Waals surface area contributed by atoms with Crippen LogP contribution in [0.25, 0.3) is 0 Å². The van der Waals surface area contributed by atoms with Gasteiger partial charge in [-0.15, -0.1) is 11.3 Å². The molecule has 2 aliphatic heterocycles. The summed E-state index contributed by atoms with van der Waals surface area (Å²) >= 11 is 1.79. The van der Waals surface area contributed by atoms with Gasteiger partial charge in [0, 0.05) is 37.6 Å². The molecule has 1 atom stereocenters. The van der Waals surface area contributed by atoms with Crippen LogP contribution in [0.1, 0.15) is 22.0 Å². The molecule has 150 valence electrons. The van der Waals surface area contributed by atoms with E-state index in [0.717, 1.165) is 13.0 Å². The maximum Gasteiger partial charge on any atom is 0.236 e. The summed E-state index contributed by atoms with van der Waals surface area (Å²) < 4.78 is 24.8. The minimum absolute atomic E-state index is 0.0766. The van der Waals surface area contributed by atoms with E-state index in [-0.39, 0.29) is 11.9 Å². The highest BCUT2D eigenvalue weighted by molar-refractivity contribution is 7.88. The number of fused-ring (bicyclic) bond motifs is 1. The molecule has 0 unspecified atom stereocenters. The molecule has 0 N–H and O–H groups in total. The first-order chi connectivity index (χ1) is 13.4. The Bertz CT molecular complexity index is 935. The van der Waals surface area contributed by atoms with Crippen LogP contribution in [0.4, 0.5) is 0 Å². The number of carbonyl (C=O) groups excluding carboxylic acids is 1. The van der Waals surface area contributed by atoms with Crippen LogP contribution in [0.5, 0.6) is 0 Å². The van der Waals surface area contributed by atoms with Crippen molar-refractivity contribution < 1.29 is 13.2 Å². The zero-order chi connectivity index (χ0) is 19.7. The second-order valence-electron chi connectivity index (χ2n) is 7.38. The van der Waals surface area contributed by atoms with E-state index in [1.165, 1.54) is 26.6 Å². The minimum atomic E-state index is -3.19. The molecule has 0 aliphatic carbocycles. The van der Waals surface area contributed by atoms with E-state index < -0.39 is 10.0 Å². The van der Waals surface area contributed by atoms with E-state index in [1.807, 2.05) is 18.2 Å². The second-order valence-corrected chi connectivity index (χ2v) is 10.4. The fraction of sp³-hybridized carbons (Fsp3) is 0.450. The summed E-state index contributed by atoms with van der Waals surface area (Å²) in [6.07, 6.45) is 2.19. The zero-order valence-electron chi connectivity index (χ0n) is 16.0. The maximum atomic E-state index is 13.0. The van der Waals surface area contributed by atoms with Crippen LogP contribution in [0.15, 0.2) is 41.8 Å². The normalized spacial score (nSPS) is 21.5. The van der Waals surface area contributed by atoms with Crippen molar-refractivity contribution >= 4 is 27.3 Å². The first-order valence-corrected chi connectivity index (χ1v) is 12.2. The Hall–Kier alpha value is -1.74. The number of benzene rings is 1. The summed E-state index contributed by atoms with van der Waals surface area (Å²) in [6.45, 7) is 2.87. The number of amides is 1. The minimum Gasteiger partial charge on any atom is -0.339 e. The van der Waals surface area contributed by atoms with Crippen molar-refractivity contribution in [1.29, 1.82) is 0 Å². The Labute approximate surface area is 170 Å². The van der Waals surface area contributed by atoms with Crippen molar-refractivity contribution in [3.8, 4) is 0 Å². The highest BCUT2D eigenvalue weighted by Gasteiger charge is 2.33. The Kier molecular flexibility index (Phi) is 5.55. The molecular formula is C20H25N3O3S2. The van der Waals surface area contributed by atoms with Crippen molar-refractivity contribution in [3.63, 3.8) is 0 Å². The van der Waals surface area contributed by atoms with E-state index in [4.69, 9.17) is 0 Å². The SMILES string of the molecule is CS(=O)(=O)N1CCN(C(=O)CN2CCc3sccc3[C@@H]2c2ccccc2)CC1. The summed E-state index contributed by atoms with van der Waals surface area (Å²) in [6, 6.07) is 12.6. The smallest absolute Gasteiger partial charge is 0.236 e. The number of rotatable bonds is 4. The van der Waals surface area contributed by atoms with Gasteiger partial charge in [0.2, 0.25) is 15.9 Å². The van der Waals surface area contributed by atoms with E-state index in [1.54, 1.807) is 16.2 Å². The van der Waals surface area contributed by atoms with Gasteiger partial charge >= 0.3 is 0 Å². The third-order valence-corrected chi connectivity index (χ3v) is 7.88. The molecule has 0 saturated carbocycles. The molecule has 28 heavy (non-hydrogen) atoms. The predicted octanol–water partition coefficient (Wildman–Crippen LogP) is 1.80. The molecule has 1 aromatic carbocycles. The average molecular weight is 420 g/mol. The number of sulfonamides is 1. The maximum absolute atomic E-state index is 13.0.